The highest BCUT2D eigenvalue weighted by atomic mass is 32.1. The molecule has 6 N–H and O–H groups in total. The van der Waals surface area contributed by atoms with Crippen molar-refractivity contribution in [3.63, 3.8) is 0 Å². The molecule has 1 saturated heterocycles. The van der Waals surface area contributed by atoms with Crippen LogP contribution in [0.1, 0.15) is 51.4 Å². The number of aliphatic hydroxyl groups is 1. The minimum absolute atomic E-state index is 0.0205. The Morgan fingerprint density at radius 3 is 2.04 bits per heavy atom. The molecule has 2 aromatic rings. The first kappa shape index (κ1) is 41.9. The number of hydrogen-bond acceptors (Lipinski definition) is 12. The number of nitrogens with two attached hydrogens (primary N) is 2. The zero-order valence-electron chi connectivity index (χ0n) is 30.1. The van der Waals surface area contributed by atoms with E-state index in [1.807, 2.05) is 38.1 Å². The maximum absolute atomic E-state index is 14.2. The third-order valence-electron chi connectivity index (χ3n) is 8.31. The highest BCUT2D eigenvalue weighted by Crippen LogP contribution is 2.35. The van der Waals surface area contributed by atoms with Gasteiger partial charge >= 0.3 is 0 Å². The second-order valence-corrected chi connectivity index (χ2v) is 14.3. The fraction of sp³-hybridized carbons (Fsp3) is 0.629. The Hall–Kier alpha value is -3.51. The summed E-state index contributed by atoms with van der Waals surface area (Å²) in [6.45, 7) is 10.8. The van der Waals surface area contributed by atoms with Crippen molar-refractivity contribution < 1.29 is 48.0 Å². The van der Waals surface area contributed by atoms with Crippen LogP contribution in [0, 0.1) is 18.3 Å². The number of hydrogen-bond donors (Lipinski definition) is 4. The molecule has 1 aromatic heterocycles. The number of likely N-dealkylation sites (tertiary alicyclic amines) is 1. The van der Waals surface area contributed by atoms with E-state index in [2.05, 4.69) is 10.3 Å². The number of benzene rings is 1. The Morgan fingerprint density at radius 1 is 0.961 bits per heavy atom. The summed E-state index contributed by atoms with van der Waals surface area (Å²) in [5.74, 6) is -3.31. The number of primary amides is 2. The van der Waals surface area contributed by atoms with E-state index in [0.717, 1.165) is 21.7 Å². The molecule has 5 atom stereocenters. The van der Waals surface area contributed by atoms with Gasteiger partial charge in [-0.1, -0.05) is 45.0 Å². The average molecular weight is 736 g/mol. The lowest BCUT2D eigenvalue weighted by Crippen LogP contribution is -2.55. The molecule has 1 aliphatic rings. The fourth-order valence-electron chi connectivity index (χ4n) is 5.74. The van der Waals surface area contributed by atoms with Crippen LogP contribution in [0.3, 0.4) is 0 Å². The minimum atomic E-state index is -1.30. The van der Waals surface area contributed by atoms with Crippen molar-refractivity contribution in [1.29, 1.82) is 0 Å². The van der Waals surface area contributed by atoms with E-state index in [4.69, 9.17) is 35.2 Å². The second-order valence-electron chi connectivity index (χ2n) is 13.4. The van der Waals surface area contributed by atoms with Crippen LogP contribution in [0.5, 0.6) is 0 Å². The number of aryl methyl sites for hydroxylation is 1. The summed E-state index contributed by atoms with van der Waals surface area (Å²) in [5.41, 5.74) is 14.6. The van der Waals surface area contributed by atoms with Gasteiger partial charge in [0.1, 0.15) is 18.8 Å². The van der Waals surface area contributed by atoms with Crippen LogP contribution < -0.4 is 16.8 Å². The summed E-state index contributed by atoms with van der Waals surface area (Å²) in [6.07, 6.45) is -2.16. The molecule has 0 bridgehead atoms. The van der Waals surface area contributed by atoms with Crippen molar-refractivity contribution >= 4 is 35.0 Å². The molecule has 0 aliphatic carbocycles. The number of amides is 4. The number of thiazole rings is 1. The number of nitrogens with one attached hydrogen (secondary N) is 1. The zero-order valence-corrected chi connectivity index (χ0v) is 30.9. The van der Waals surface area contributed by atoms with E-state index in [1.54, 1.807) is 37.6 Å². The average Bonchev–Trinajstić information content (AvgIpc) is 3.68. The van der Waals surface area contributed by atoms with Gasteiger partial charge in [-0.2, -0.15) is 0 Å². The molecular weight excluding hydrogens is 682 g/mol. The second kappa shape index (κ2) is 20.5. The molecule has 0 spiro atoms. The lowest BCUT2D eigenvalue weighted by Gasteiger charge is -2.38. The van der Waals surface area contributed by atoms with Gasteiger partial charge in [-0.15, -0.1) is 11.3 Å². The van der Waals surface area contributed by atoms with Crippen LogP contribution in [0.2, 0.25) is 0 Å². The molecule has 2 heterocycles. The minimum Gasteiger partial charge on any atom is -0.391 e. The van der Waals surface area contributed by atoms with Gasteiger partial charge < -0.3 is 50.5 Å². The Balaban J connectivity index is 1.51. The van der Waals surface area contributed by atoms with Crippen LogP contribution in [0.25, 0.3) is 10.4 Å². The van der Waals surface area contributed by atoms with E-state index < -0.39 is 53.2 Å². The Kier molecular flexibility index (Phi) is 16.9. The molecule has 15 nitrogen and oxygen atoms in total. The maximum atomic E-state index is 14.2. The first-order chi connectivity index (χ1) is 24.2. The third-order valence-corrected chi connectivity index (χ3v) is 9.29. The molecule has 16 heteroatoms. The first-order valence-corrected chi connectivity index (χ1v) is 17.9. The molecule has 1 aromatic carbocycles. The van der Waals surface area contributed by atoms with E-state index in [9.17, 15) is 24.3 Å². The Bertz CT molecular complexity index is 1420. The topological polar surface area (TPSA) is 215 Å². The third kappa shape index (κ3) is 13.2. The number of nitrogens with zero attached hydrogens (tertiary/aromatic N) is 2. The van der Waals surface area contributed by atoms with Crippen molar-refractivity contribution in [2.45, 2.75) is 65.3 Å². The van der Waals surface area contributed by atoms with Crippen LogP contribution in [-0.2, 0) is 42.9 Å². The van der Waals surface area contributed by atoms with Gasteiger partial charge in [0, 0.05) is 13.0 Å². The van der Waals surface area contributed by atoms with Crippen LogP contribution in [0.15, 0.2) is 29.8 Å². The number of carbonyl (C=O) groups excluding carboxylic acids is 4. The number of rotatable bonds is 22. The predicted octanol–water partition coefficient (Wildman–Crippen LogP) is 1.34. The SMILES string of the molecule is Cc1ncsc1-c1ccc([C@H](C)NC(=O)[C@@H]2C[C@@H](O)CN2C(=O)[C@H](C(OCCOCCOCCOCCOCC(N)=O)C(N)=O)C(C)(C)C)cc1. The summed E-state index contributed by atoms with van der Waals surface area (Å²) in [4.78, 5) is 57.8. The summed E-state index contributed by atoms with van der Waals surface area (Å²) in [6, 6.07) is 6.54. The summed E-state index contributed by atoms with van der Waals surface area (Å²) < 4.78 is 27.1. The highest BCUT2D eigenvalue weighted by molar-refractivity contribution is 7.13. The van der Waals surface area contributed by atoms with Crippen LogP contribution in [-0.4, -0.2) is 123 Å². The molecular formula is C35H53N5O10S. The van der Waals surface area contributed by atoms with E-state index in [1.165, 1.54) is 4.90 Å². The van der Waals surface area contributed by atoms with E-state index >= 15 is 0 Å². The summed E-state index contributed by atoms with van der Waals surface area (Å²) in [5, 5.41) is 13.6. The molecule has 1 unspecified atom stereocenters. The van der Waals surface area contributed by atoms with E-state index in [-0.39, 0.29) is 52.0 Å². The predicted molar refractivity (Wildman–Crippen MR) is 189 cm³/mol. The van der Waals surface area contributed by atoms with Crippen molar-refractivity contribution in [3.05, 3.63) is 41.0 Å². The molecule has 284 valence electrons. The lowest BCUT2D eigenvalue weighted by atomic mass is 9.76. The number of ether oxygens (including phenoxy) is 5. The highest BCUT2D eigenvalue weighted by Gasteiger charge is 2.48. The number of aliphatic hydroxyl groups excluding tert-OH is 1. The van der Waals surface area contributed by atoms with Gasteiger partial charge in [0.05, 0.1) is 87.0 Å². The van der Waals surface area contributed by atoms with Crippen LogP contribution >= 0.6 is 11.3 Å². The Morgan fingerprint density at radius 2 is 1.53 bits per heavy atom. The molecule has 0 saturated carbocycles. The number of β-amino-alcohol motifs (C(OH)–C–C–N with tert-alkyl or cyclic N) is 1. The van der Waals surface area contributed by atoms with Crippen LogP contribution in [0.4, 0.5) is 0 Å². The standard InChI is InChI=1S/C35H53N5O10S/c1-22(24-6-8-25(9-7-24)31-23(2)38-21-51-31)39-33(44)27-18-26(41)19-40(27)34(45)29(35(3,4)5)30(32(37)43)50-17-16-48-13-12-46-10-11-47-14-15-49-20-28(36)42/h6-9,21-22,26-27,29-30,41H,10-20H2,1-5H3,(H2,36,42)(H2,37,43)(H,39,44)/t22-,26+,27-,29-,30?/m0/s1. The summed E-state index contributed by atoms with van der Waals surface area (Å²) >= 11 is 1.56. The van der Waals surface area contributed by atoms with Gasteiger partial charge in [-0.25, -0.2) is 4.98 Å². The van der Waals surface area contributed by atoms with Crippen molar-refractivity contribution in [2.24, 2.45) is 22.8 Å². The zero-order chi connectivity index (χ0) is 37.6. The molecule has 3 rings (SSSR count). The molecule has 51 heavy (non-hydrogen) atoms. The first-order valence-electron chi connectivity index (χ1n) is 17.0. The van der Waals surface area contributed by atoms with Crippen molar-refractivity contribution in [3.8, 4) is 10.4 Å². The molecule has 0 radical (unpaired) electrons. The normalized spacial score (nSPS) is 18.0. The van der Waals surface area contributed by atoms with Crippen molar-refractivity contribution in [2.75, 3.05) is 66.0 Å². The molecule has 1 aliphatic heterocycles. The maximum Gasteiger partial charge on any atom is 0.247 e. The monoisotopic (exact) mass is 735 g/mol. The van der Waals surface area contributed by atoms with E-state index in [0.29, 0.717) is 26.4 Å². The largest absolute Gasteiger partial charge is 0.391 e. The number of carbonyl (C=O) groups is 4. The quantitative estimate of drug-likeness (QED) is 0.127. The smallest absolute Gasteiger partial charge is 0.247 e. The fourth-order valence-corrected chi connectivity index (χ4v) is 6.55. The molecule has 1 fully saturated rings. The van der Waals surface area contributed by atoms with Gasteiger partial charge in [0.25, 0.3) is 0 Å². The van der Waals surface area contributed by atoms with Gasteiger partial charge in [-0.3, -0.25) is 19.2 Å². The molecule has 4 amide bonds. The van der Waals surface area contributed by atoms with Gasteiger partial charge in [0.2, 0.25) is 23.6 Å². The van der Waals surface area contributed by atoms with Crippen molar-refractivity contribution in [1.82, 2.24) is 15.2 Å². The van der Waals surface area contributed by atoms with Gasteiger partial charge in [0.15, 0.2) is 0 Å². The lowest BCUT2D eigenvalue weighted by molar-refractivity contribution is -0.158. The van der Waals surface area contributed by atoms with Gasteiger partial charge in [-0.05, 0) is 30.4 Å². The Labute approximate surface area is 303 Å². The summed E-state index contributed by atoms with van der Waals surface area (Å²) in [7, 11) is 0. The number of aromatic nitrogens is 1.